The molecule has 4 amide bonds. The van der Waals surface area contributed by atoms with Crippen molar-refractivity contribution in [1.29, 1.82) is 0 Å². The zero-order valence-corrected chi connectivity index (χ0v) is 23.2. The average molecular weight is 514 g/mol. The molecule has 2 aliphatic heterocycles. The normalized spacial score (nSPS) is 17.8. The first-order valence-corrected chi connectivity index (χ1v) is 16.5. The molecule has 2 aliphatic rings. The summed E-state index contributed by atoms with van der Waals surface area (Å²) in [5.41, 5.74) is 2.13. The standard InChI is InChI=1S/C26H39N5O4Si/c1-28(2)25(33)19-16-22-21(8-12-29(22)20-6-10-27-11-7-20)23(17-19)30-13-9-24(32)31(26(30)34)18-35-14-15-36(3,4)5/h8,12,16-17,20,27H,6-7,9-11,13-15,18H2,1-5H3. The van der Waals surface area contributed by atoms with Gasteiger partial charge in [-0.25, -0.2) is 9.69 Å². The smallest absolute Gasteiger partial charge is 0.333 e. The fourth-order valence-electron chi connectivity index (χ4n) is 4.83. The highest BCUT2D eigenvalue weighted by Crippen LogP contribution is 2.35. The molecular formula is C26H39N5O4Si. The second-order valence-corrected chi connectivity index (χ2v) is 16.8. The number of nitrogens with one attached hydrogen (secondary N) is 1. The van der Waals surface area contributed by atoms with Crippen LogP contribution in [0.15, 0.2) is 24.4 Å². The minimum atomic E-state index is -1.28. The minimum absolute atomic E-state index is 0.0474. The van der Waals surface area contributed by atoms with Crippen LogP contribution in [0.2, 0.25) is 25.7 Å². The highest BCUT2D eigenvalue weighted by molar-refractivity contribution is 6.76. The fraction of sp³-hybridized carbons (Fsp3) is 0.577. The van der Waals surface area contributed by atoms with Gasteiger partial charge in [0.15, 0.2) is 0 Å². The van der Waals surface area contributed by atoms with Crippen molar-refractivity contribution >= 4 is 42.5 Å². The van der Waals surface area contributed by atoms with Gasteiger partial charge in [0.05, 0.1) is 11.2 Å². The molecule has 1 aromatic heterocycles. The molecule has 4 rings (SSSR count). The Labute approximate surface area is 214 Å². The van der Waals surface area contributed by atoms with Gasteiger partial charge >= 0.3 is 6.03 Å². The number of carbonyl (C=O) groups excluding carboxylic acids is 3. The monoisotopic (exact) mass is 513 g/mol. The van der Waals surface area contributed by atoms with Crippen molar-refractivity contribution in [2.75, 3.05) is 52.0 Å². The molecular weight excluding hydrogens is 474 g/mol. The molecule has 9 nitrogen and oxygen atoms in total. The van der Waals surface area contributed by atoms with Gasteiger partial charge < -0.3 is 19.5 Å². The number of imide groups is 1. The Hall–Kier alpha value is -2.69. The lowest BCUT2D eigenvalue weighted by atomic mass is 10.0. The van der Waals surface area contributed by atoms with Crippen molar-refractivity contribution in [1.82, 2.24) is 19.7 Å². The first kappa shape index (κ1) is 26.4. The van der Waals surface area contributed by atoms with Crippen LogP contribution < -0.4 is 10.2 Å². The Morgan fingerprint density at radius 2 is 1.89 bits per heavy atom. The van der Waals surface area contributed by atoms with Crippen molar-refractivity contribution in [2.45, 2.75) is 51.0 Å². The van der Waals surface area contributed by atoms with Gasteiger partial charge in [0, 0.05) is 64.9 Å². The summed E-state index contributed by atoms with van der Waals surface area (Å²) in [4.78, 5) is 43.6. The van der Waals surface area contributed by atoms with Crippen LogP contribution in [-0.4, -0.2) is 87.4 Å². The third-order valence-corrected chi connectivity index (χ3v) is 8.70. The van der Waals surface area contributed by atoms with Crippen LogP contribution in [0.4, 0.5) is 10.5 Å². The number of piperidine rings is 1. The van der Waals surface area contributed by atoms with Crippen molar-refractivity contribution in [3.05, 3.63) is 30.0 Å². The third kappa shape index (κ3) is 5.66. The number of benzene rings is 1. The Morgan fingerprint density at radius 1 is 1.17 bits per heavy atom. The van der Waals surface area contributed by atoms with Gasteiger partial charge in [0.25, 0.3) is 5.91 Å². The van der Waals surface area contributed by atoms with Crippen LogP contribution >= 0.6 is 0 Å². The quantitative estimate of drug-likeness (QED) is 0.429. The lowest BCUT2D eigenvalue weighted by Crippen LogP contribution is -2.53. The van der Waals surface area contributed by atoms with Gasteiger partial charge in [-0.15, -0.1) is 0 Å². The van der Waals surface area contributed by atoms with E-state index in [1.165, 1.54) is 4.90 Å². The maximum atomic E-state index is 13.5. The average Bonchev–Trinajstić information content (AvgIpc) is 3.26. The Balaban J connectivity index is 1.67. The molecule has 0 unspecified atom stereocenters. The van der Waals surface area contributed by atoms with Gasteiger partial charge in [0.2, 0.25) is 5.91 Å². The molecule has 0 bridgehead atoms. The predicted molar refractivity (Wildman–Crippen MR) is 144 cm³/mol. The van der Waals surface area contributed by atoms with Gasteiger partial charge in [0.1, 0.15) is 6.73 Å². The van der Waals surface area contributed by atoms with Crippen LogP contribution in [0.5, 0.6) is 0 Å². The maximum absolute atomic E-state index is 13.5. The van der Waals surface area contributed by atoms with Crippen molar-refractivity contribution in [3.63, 3.8) is 0 Å². The molecule has 3 heterocycles. The highest BCUT2D eigenvalue weighted by atomic mass is 28.3. The maximum Gasteiger partial charge on any atom is 0.333 e. The zero-order chi connectivity index (χ0) is 26.0. The molecule has 196 valence electrons. The number of carbonyl (C=O) groups is 3. The lowest BCUT2D eigenvalue weighted by molar-refractivity contribution is -0.133. The number of nitrogens with zero attached hydrogens (tertiary/aromatic N) is 4. The first-order valence-electron chi connectivity index (χ1n) is 12.8. The van der Waals surface area contributed by atoms with Crippen LogP contribution in [0.1, 0.15) is 35.7 Å². The van der Waals surface area contributed by atoms with Gasteiger partial charge in [-0.3, -0.25) is 14.5 Å². The number of hydrogen-bond donors (Lipinski definition) is 1. The summed E-state index contributed by atoms with van der Waals surface area (Å²) < 4.78 is 8.00. The number of urea groups is 1. The Kier molecular flexibility index (Phi) is 7.87. The van der Waals surface area contributed by atoms with Crippen LogP contribution in [0.3, 0.4) is 0 Å². The van der Waals surface area contributed by atoms with E-state index in [-0.39, 0.29) is 31.5 Å². The Bertz CT molecular complexity index is 1130. The molecule has 0 saturated carbocycles. The predicted octanol–water partition coefficient (Wildman–Crippen LogP) is 3.74. The van der Waals surface area contributed by atoms with Gasteiger partial charge in [-0.1, -0.05) is 19.6 Å². The lowest BCUT2D eigenvalue weighted by Gasteiger charge is -2.34. The van der Waals surface area contributed by atoms with Crippen LogP contribution in [0, 0.1) is 0 Å². The van der Waals surface area contributed by atoms with E-state index in [0.29, 0.717) is 23.9 Å². The number of anilines is 1. The summed E-state index contributed by atoms with van der Waals surface area (Å²) in [6.07, 6.45) is 4.28. The summed E-state index contributed by atoms with van der Waals surface area (Å²) >= 11 is 0. The molecule has 0 radical (unpaired) electrons. The Morgan fingerprint density at radius 3 is 2.56 bits per heavy atom. The summed E-state index contributed by atoms with van der Waals surface area (Å²) in [5.74, 6) is -0.350. The summed E-state index contributed by atoms with van der Waals surface area (Å²) in [5, 5.41) is 4.31. The number of fused-ring (bicyclic) bond motifs is 1. The number of amides is 4. The van der Waals surface area contributed by atoms with Gasteiger partial charge in [-0.05, 0) is 50.2 Å². The minimum Gasteiger partial charge on any atom is -0.361 e. The summed E-state index contributed by atoms with van der Waals surface area (Å²) in [7, 11) is 2.17. The fourth-order valence-corrected chi connectivity index (χ4v) is 5.58. The van der Waals surface area contributed by atoms with Crippen LogP contribution in [-0.2, 0) is 9.53 Å². The molecule has 1 aromatic carbocycles. The molecule has 2 saturated heterocycles. The summed E-state index contributed by atoms with van der Waals surface area (Å²) in [6.45, 7) is 9.45. The van der Waals surface area contributed by atoms with E-state index < -0.39 is 14.1 Å². The number of hydrogen-bond acceptors (Lipinski definition) is 5. The van der Waals surface area contributed by atoms with E-state index in [0.717, 1.165) is 42.9 Å². The van der Waals surface area contributed by atoms with Crippen LogP contribution in [0.25, 0.3) is 10.9 Å². The van der Waals surface area contributed by atoms with Crippen molar-refractivity contribution in [2.24, 2.45) is 0 Å². The number of rotatable bonds is 8. The highest BCUT2D eigenvalue weighted by Gasteiger charge is 2.35. The number of aromatic nitrogens is 1. The molecule has 0 aliphatic carbocycles. The van der Waals surface area contributed by atoms with E-state index in [9.17, 15) is 14.4 Å². The van der Waals surface area contributed by atoms with Gasteiger partial charge in [-0.2, -0.15) is 0 Å². The third-order valence-electron chi connectivity index (χ3n) is 6.99. The van der Waals surface area contributed by atoms with E-state index >= 15 is 0 Å². The van der Waals surface area contributed by atoms with Crippen molar-refractivity contribution < 1.29 is 19.1 Å². The second kappa shape index (κ2) is 10.7. The largest absolute Gasteiger partial charge is 0.361 e. The molecule has 36 heavy (non-hydrogen) atoms. The van der Waals surface area contributed by atoms with E-state index in [4.69, 9.17) is 4.74 Å². The molecule has 0 spiro atoms. The molecule has 2 fully saturated rings. The van der Waals surface area contributed by atoms with E-state index in [1.54, 1.807) is 30.0 Å². The van der Waals surface area contributed by atoms with E-state index in [2.05, 4.69) is 35.7 Å². The van der Waals surface area contributed by atoms with E-state index in [1.807, 2.05) is 12.1 Å². The molecule has 0 atom stereocenters. The SMILES string of the molecule is CN(C)C(=O)c1cc(N2CCC(=O)N(COCC[Si](C)(C)C)C2=O)c2ccn(C3CCNCC3)c2c1. The zero-order valence-electron chi connectivity index (χ0n) is 22.2. The molecule has 1 N–H and O–H groups in total. The first-order chi connectivity index (χ1) is 17.1. The second-order valence-electron chi connectivity index (χ2n) is 11.2. The molecule has 2 aromatic rings. The topological polar surface area (TPSA) is 87.1 Å². The summed E-state index contributed by atoms with van der Waals surface area (Å²) in [6, 6.07) is 6.64. The van der Waals surface area contributed by atoms with Crippen molar-refractivity contribution in [3.8, 4) is 0 Å². The number of ether oxygens (including phenoxy) is 1. The molecule has 10 heteroatoms.